The van der Waals surface area contributed by atoms with E-state index in [2.05, 4.69) is 12.1 Å². The molecule has 0 saturated carbocycles. The number of ether oxygens (including phenoxy) is 2. The summed E-state index contributed by atoms with van der Waals surface area (Å²) >= 11 is 0. The average molecular weight is 312 g/mol. The van der Waals surface area contributed by atoms with E-state index in [-0.39, 0.29) is 12.0 Å². The molecule has 1 fully saturated rings. The van der Waals surface area contributed by atoms with Crippen LogP contribution in [0, 0.1) is 5.92 Å². The quantitative estimate of drug-likeness (QED) is 0.886. The molecular formula is C20H24O3. The number of hydrogen-bond acceptors (Lipinski definition) is 3. The fourth-order valence-electron chi connectivity index (χ4n) is 3.17. The second-order valence-corrected chi connectivity index (χ2v) is 6.42. The van der Waals surface area contributed by atoms with E-state index >= 15 is 0 Å². The minimum Gasteiger partial charge on any atom is -0.374 e. The van der Waals surface area contributed by atoms with Crippen LogP contribution in [-0.4, -0.2) is 23.6 Å². The maximum atomic E-state index is 10.5. The first-order valence-electron chi connectivity index (χ1n) is 8.19. The van der Waals surface area contributed by atoms with Crippen LogP contribution in [0.2, 0.25) is 0 Å². The fraction of sp³-hybridized carbons (Fsp3) is 0.400. The van der Waals surface area contributed by atoms with E-state index in [0.29, 0.717) is 13.2 Å². The second kappa shape index (κ2) is 7.26. The molecule has 1 aliphatic heterocycles. The first-order chi connectivity index (χ1) is 11.1. The Morgan fingerprint density at radius 2 is 1.65 bits per heavy atom. The van der Waals surface area contributed by atoms with Crippen LogP contribution in [0.1, 0.15) is 24.5 Å². The van der Waals surface area contributed by atoms with Crippen LogP contribution in [-0.2, 0) is 22.5 Å². The molecule has 2 aromatic rings. The molecule has 1 N–H and O–H groups in total. The normalized spacial score (nSPS) is 27.2. The summed E-state index contributed by atoms with van der Waals surface area (Å²) in [7, 11) is 0. The monoisotopic (exact) mass is 312 g/mol. The molecule has 0 bridgehead atoms. The highest BCUT2D eigenvalue weighted by atomic mass is 16.6. The topological polar surface area (TPSA) is 38.7 Å². The summed E-state index contributed by atoms with van der Waals surface area (Å²) < 4.78 is 11.6. The molecule has 3 heteroatoms. The first-order valence-corrected chi connectivity index (χ1v) is 8.19. The molecule has 0 radical (unpaired) electrons. The predicted octanol–water partition coefficient (Wildman–Crippen LogP) is 3.56. The second-order valence-electron chi connectivity index (χ2n) is 6.42. The van der Waals surface area contributed by atoms with Gasteiger partial charge in [0.2, 0.25) is 0 Å². The Hall–Kier alpha value is -1.68. The van der Waals surface area contributed by atoms with E-state index < -0.39 is 5.79 Å². The van der Waals surface area contributed by atoms with E-state index in [4.69, 9.17) is 9.47 Å². The largest absolute Gasteiger partial charge is 0.374 e. The van der Waals surface area contributed by atoms with Crippen molar-refractivity contribution in [2.75, 3.05) is 6.61 Å². The Morgan fingerprint density at radius 1 is 1.04 bits per heavy atom. The van der Waals surface area contributed by atoms with Gasteiger partial charge in [0, 0.05) is 5.92 Å². The molecule has 3 nitrogen and oxygen atoms in total. The molecule has 1 heterocycles. The van der Waals surface area contributed by atoms with Gasteiger partial charge in [-0.05, 0) is 30.9 Å². The van der Waals surface area contributed by atoms with Gasteiger partial charge in [-0.15, -0.1) is 0 Å². The SMILES string of the molecule is CC1(O)O[C@@H](COCc2ccccc2)C[C@H]1Cc1ccccc1. The molecule has 3 atom stereocenters. The Morgan fingerprint density at radius 3 is 2.30 bits per heavy atom. The van der Waals surface area contributed by atoms with Gasteiger partial charge in [0.15, 0.2) is 5.79 Å². The van der Waals surface area contributed by atoms with Crippen molar-refractivity contribution >= 4 is 0 Å². The van der Waals surface area contributed by atoms with Crippen molar-refractivity contribution < 1.29 is 14.6 Å². The van der Waals surface area contributed by atoms with E-state index in [1.165, 1.54) is 5.56 Å². The average Bonchev–Trinajstić information content (AvgIpc) is 2.83. The summed E-state index contributed by atoms with van der Waals surface area (Å²) in [6, 6.07) is 20.3. The maximum absolute atomic E-state index is 10.5. The van der Waals surface area contributed by atoms with Crippen LogP contribution in [0.15, 0.2) is 60.7 Å². The summed E-state index contributed by atoms with van der Waals surface area (Å²) in [5.74, 6) is -0.994. The highest BCUT2D eigenvalue weighted by Crippen LogP contribution is 2.36. The van der Waals surface area contributed by atoms with Gasteiger partial charge in [0.1, 0.15) is 0 Å². The Kier molecular flexibility index (Phi) is 5.11. The molecule has 1 unspecified atom stereocenters. The van der Waals surface area contributed by atoms with Gasteiger partial charge < -0.3 is 14.6 Å². The van der Waals surface area contributed by atoms with Crippen molar-refractivity contribution in [3.05, 3.63) is 71.8 Å². The summed E-state index contributed by atoms with van der Waals surface area (Å²) in [6.45, 7) is 2.85. The molecule has 1 saturated heterocycles. The summed E-state index contributed by atoms with van der Waals surface area (Å²) in [5.41, 5.74) is 2.38. The Bertz CT molecular complexity index is 595. The van der Waals surface area contributed by atoms with Crippen molar-refractivity contribution in [1.82, 2.24) is 0 Å². The van der Waals surface area contributed by atoms with Gasteiger partial charge >= 0.3 is 0 Å². The van der Waals surface area contributed by atoms with Crippen LogP contribution < -0.4 is 0 Å². The zero-order valence-corrected chi connectivity index (χ0v) is 13.5. The fourth-order valence-corrected chi connectivity index (χ4v) is 3.17. The molecular weight excluding hydrogens is 288 g/mol. The Balaban J connectivity index is 1.51. The third-order valence-corrected chi connectivity index (χ3v) is 4.45. The van der Waals surface area contributed by atoms with E-state index in [9.17, 15) is 5.11 Å². The van der Waals surface area contributed by atoms with Crippen LogP contribution in [0.3, 0.4) is 0 Å². The molecule has 23 heavy (non-hydrogen) atoms. The van der Waals surface area contributed by atoms with Gasteiger partial charge in [0.05, 0.1) is 19.3 Å². The number of aliphatic hydroxyl groups is 1. The van der Waals surface area contributed by atoms with Gasteiger partial charge in [-0.25, -0.2) is 0 Å². The van der Waals surface area contributed by atoms with Gasteiger partial charge in [-0.2, -0.15) is 0 Å². The maximum Gasteiger partial charge on any atom is 0.166 e. The highest BCUT2D eigenvalue weighted by molar-refractivity contribution is 5.16. The number of hydrogen-bond donors (Lipinski definition) is 1. The smallest absolute Gasteiger partial charge is 0.166 e. The van der Waals surface area contributed by atoms with Crippen molar-refractivity contribution in [2.45, 2.75) is 38.3 Å². The molecule has 3 rings (SSSR count). The molecule has 1 aliphatic rings. The lowest BCUT2D eigenvalue weighted by Gasteiger charge is -2.24. The number of benzene rings is 2. The lowest BCUT2D eigenvalue weighted by Crippen LogP contribution is -2.33. The lowest BCUT2D eigenvalue weighted by molar-refractivity contribution is -0.205. The van der Waals surface area contributed by atoms with E-state index in [1.807, 2.05) is 48.5 Å². The van der Waals surface area contributed by atoms with Crippen LogP contribution in [0.4, 0.5) is 0 Å². The molecule has 0 aromatic heterocycles. The minimum atomic E-state index is -1.09. The lowest BCUT2D eigenvalue weighted by atomic mass is 9.90. The number of rotatable bonds is 6. The van der Waals surface area contributed by atoms with Crippen molar-refractivity contribution in [3.63, 3.8) is 0 Å². The zero-order valence-electron chi connectivity index (χ0n) is 13.5. The third-order valence-electron chi connectivity index (χ3n) is 4.45. The highest BCUT2D eigenvalue weighted by Gasteiger charge is 2.43. The summed E-state index contributed by atoms with van der Waals surface area (Å²) in [6.07, 6.45) is 1.59. The summed E-state index contributed by atoms with van der Waals surface area (Å²) in [4.78, 5) is 0. The van der Waals surface area contributed by atoms with Crippen LogP contribution >= 0.6 is 0 Å². The zero-order chi connectivity index (χ0) is 16.1. The van der Waals surface area contributed by atoms with Crippen LogP contribution in [0.5, 0.6) is 0 Å². The minimum absolute atomic E-state index is 0.0533. The molecule has 2 aromatic carbocycles. The molecule has 122 valence electrons. The van der Waals surface area contributed by atoms with Gasteiger partial charge in [-0.3, -0.25) is 0 Å². The molecule has 0 aliphatic carbocycles. The summed E-state index contributed by atoms with van der Waals surface area (Å²) in [5, 5.41) is 10.5. The predicted molar refractivity (Wildman–Crippen MR) is 89.8 cm³/mol. The van der Waals surface area contributed by atoms with Gasteiger partial charge in [-0.1, -0.05) is 60.7 Å². The van der Waals surface area contributed by atoms with Crippen LogP contribution in [0.25, 0.3) is 0 Å². The Labute approximate surface area is 137 Å². The van der Waals surface area contributed by atoms with E-state index in [1.54, 1.807) is 6.92 Å². The van der Waals surface area contributed by atoms with E-state index in [0.717, 1.165) is 18.4 Å². The standard InChI is InChI=1S/C20H24O3/c1-20(21)18(12-16-8-4-2-5-9-16)13-19(23-20)15-22-14-17-10-6-3-7-11-17/h2-11,18-19,21H,12-15H2,1H3/t18-,19-,20?/m1/s1. The third kappa shape index (κ3) is 4.41. The molecule has 0 amide bonds. The van der Waals surface area contributed by atoms with Crippen molar-refractivity contribution in [1.29, 1.82) is 0 Å². The molecule has 0 spiro atoms. The van der Waals surface area contributed by atoms with Crippen molar-refractivity contribution in [3.8, 4) is 0 Å². The first kappa shape index (κ1) is 16.2. The van der Waals surface area contributed by atoms with Gasteiger partial charge in [0.25, 0.3) is 0 Å². The van der Waals surface area contributed by atoms with Crippen molar-refractivity contribution in [2.24, 2.45) is 5.92 Å².